The van der Waals surface area contributed by atoms with Crippen LogP contribution in [0, 0.1) is 0 Å². The number of hydrogen-bond acceptors (Lipinski definition) is 3. The summed E-state index contributed by atoms with van der Waals surface area (Å²) in [5.41, 5.74) is 3.62. The van der Waals surface area contributed by atoms with Gasteiger partial charge >= 0.3 is 6.18 Å². The molecule has 2 aromatic carbocycles. The second-order valence-electron chi connectivity index (χ2n) is 7.74. The quantitative estimate of drug-likeness (QED) is 0.736. The molecule has 0 unspecified atom stereocenters. The minimum atomic E-state index is -4.44. The summed E-state index contributed by atoms with van der Waals surface area (Å²) in [6.07, 6.45) is -4.44. The third kappa shape index (κ3) is 4.42. The summed E-state index contributed by atoms with van der Waals surface area (Å²) in [4.78, 5) is 17.7. The molecular formula is C21H21ClF3N3O. The predicted molar refractivity (Wildman–Crippen MR) is 106 cm³/mol. The van der Waals surface area contributed by atoms with Gasteiger partial charge in [0, 0.05) is 26.2 Å². The minimum Gasteiger partial charge on any atom is -0.325 e. The predicted octanol–water partition coefficient (Wildman–Crippen LogP) is 4.23. The van der Waals surface area contributed by atoms with E-state index in [-0.39, 0.29) is 17.1 Å². The highest BCUT2D eigenvalue weighted by atomic mass is 35.5. The van der Waals surface area contributed by atoms with E-state index in [0.29, 0.717) is 5.56 Å². The Morgan fingerprint density at radius 2 is 1.79 bits per heavy atom. The first-order valence-corrected chi connectivity index (χ1v) is 9.76. The Morgan fingerprint density at radius 1 is 1.07 bits per heavy atom. The fourth-order valence-corrected chi connectivity index (χ4v) is 4.28. The van der Waals surface area contributed by atoms with Crippen LogP contribution >= 0.6 is 11.6 Å². The van der Waals surface area contributed by atoms with Crippen molar-refractivity contribution < 1.29 is 18.0 Å². The van der Waals surface area contributed by atoms with E-state index >= 15 is 0 Å². The standard InChI is InChI=1S/C21H21ClF3N3O/c1-26-6-7-27(13-26)10-14-2-4-15(5-3-14)16-8-17-11-28(12-21(23,24)25)20(29)19(17)18(22)9-16/h2-5,8-9H,6-7,10-13H2,1H3. The SMILES string of the molecule is CN1CCN(Cc2ccc(-c3cc(Cl)c4c(c3)CN(CC(F)(F)F)C4=O)cc2)C1. The molecule has 0 aromatic heterocycles. The lowest BCUT2D eigenvalue weighted by atomic mass is 9.99. The third-order valence-corrected chi connectivity index (χ3v) is 5.64. The number of halogens is 4. The van der Waals surface area contributed by atoms with Crippen molar-refractivity contribution in [1.29, 1.82) is 0 Å². The molecule has 1 fully saturated rings. The van der Waals surface area contributed by atoms with Crippen molar-refractivity contribution in [3.05, 3.63) is 58.1 Å². The lowest BCUT2D eigenvalue weighted by Gasteiger charge is -2.17. The average Bonchev–Trinajstić information content (AvgIpc) is 3.17. The molecule has 29 heavy (non-hydrogen) atoms. The molecule has 0 spiro atoms. The summed E-state index contributed by atoms with van der Waals surface area (Å²) in [7, 11) is 2.10. The summed E-state index contributed by atoms with van der Waals surface area (Å²) in [6, 6.07) is 11.5. The van der Waals surface area contributed by atoms with Crippen LogP contribution in [0.2, 0.25) is 5.02 Å². The van der Waals surface area contributed by atoms with E-state index in [1.807, 2.05) is 12.1 Å². The van der Waals surface area contributed by atoms with Gasteiger partial charge in [-0.15, -0.1) is 0 Å². The van der Waals surface area contributed by atoms with Crippen LogP contribution in [0.1, 0.15) is 21.5 Å². The molecule has 0 aliphatic carbocycles. The molecule has 8 heteroatoms. The summed E-state index contributed by atoms with van der Waals surface area (Å²) in [5, 5.41) is 0.191. The van der Waals surface area contributed by atoms with Crippen LogP contribution in [0.25, 0.3) is 11.1 Å². The number of alkyl halides is 3. The maximum atomic E-state index is 12.7. The first-order valence-electron chi connectivity index (χ1n) is 9.38. The van der Waals surface area contributed by atoms with E-state index < -0.39 is 18.6 Å². The number of hydrogen-bond donors (Lipinski definition) is 0. The van der Waals surface area contributed by atoms with Gasteiger partial charge in [0.25, 0.3) is 5.91 Å². The maximum Gasteiger partial charge on any atom is 0.406 e. The van der Waals surface area contributed by atoms with Gasteiger partial charge in [-0.25, -0.2) is 0 Å². The Balaban J connectivity index is 1.53. The van der Waals surface area contributed by atoms with Crippen LogP contribution in [0.3, 0.4) is 0 Å². The molecule has 0 N–H and O–H groups in total. The molecule has 2 heterocycles. The van der Waals surface area contributed by atoms with Crippen molar-refractivity contribution in [2.75, 3.05) is 33.4 Å². The van der Waals surface area contributed by atoms with Crippen molar-refractivity contribution in [2.45, 2.75) is 19.3 Å². The summed E-state index contributed by atoms with van der Waals surface area (Å²) >= 11 is 6.27. The molecule has 4 rings (SSSR count). The van der Waals surface area contributed by atoms with E-state index in [2.05, 4.69) is 29.0 Å². The van der Waals surface area contributed by atoms with E-state index in [0.717, 1.165) is 42.3 Å². The highest BCUT2D eigenvalue weighted by molar-refractivity contribution is 6.34. The van der Waals surface area contributed by atoms with Gasteiger partial charge in [0.05, 0.1) is 17.3 Å². The fraction of sp³-hybridized carbons (Fsp3) is 0.381. The molecular weight excluding hydrogens is 403 g/mol. The summed E-state index contributed by atoms with van der Waals surface area (Å²) < 4.78 is 38.2. The Labute approximate surface area is 172 Å². The van der Waals surface area contributed by atoms with Crippen LogP contribution in [-0.4, -0.2) is 60.1 Å². The molecule has 2 aromatic rings. The lowest BCUT2D eigenvalue weighted by molar-refractivity contribution is -0.140. The molecule has 0 radical (unpaired) electrons. The fourth-order valence-electron chi connectivity index (χ4n) is 3.96. The van der Waals surface area contributed by atoms with Gasteiger partial charge in [-0.2, -0.15) is 13.2 Å². The number of amides is 1. The number of carbonyl (C=O) groups excluding carboxylic acids is 1. The highest BCUT2D eigenvalue weighted by Crippen LogP contribution is 2.35. The zero-order valence-corrected chi connectivity index (χ0v) is 16.7. The van der Waals surface area contributed by atoms with Crippen molar-refractivity contribution in [3.63, 3.8) is 0 Å². The smallest absolute Gasteiger partial charge is 0.325 e. The summed E-state index contributed by atoms with van der Waals surface area (Å²) in [5.74, 6) is -0.667. The van der Waals surface area contributed by atoms with Gasteiger partial charge in [0.15, 0.2) is 0 Å². The minimum absolute atomic E-state index is 0.0815. The number of nitrogens with zero attached hydrogens (tertiary/aromatic N) is 3. The van der Waals surface area contributed by atoms with Crippen LogP contribution in [-0.2, 0) is 13.1 Å². The molecule has 1 amide bonds. The molecule has 0 saturated carbocycles. The maximum absolute atomic E-state index is 12.7. The molecule has 0 atom stereocenters. The molecule has 2 aliphatic rings. The molecule has 154 valence electrons. The van der Waals surface area contributed by atoms with Gasteiger partial charge < -0.3 is 4.90 Å². The van der Waals surface area contributed by atoms with Gasteiger partial charge in [0.2, 0.25) is 0 Å². The number of fused-ring (bicyclic) bond motifs is 1. The van der Waals surface area contributed by atoms with Gasteiger partial charge in [-0.1, -0.05) is 35.9 Å². The lowest BCUT2D eigenvalue weighted by Crippen LogP contribution is -2.34. The van der Waals surface area contributed by atoms with Gasteiger partial charge in [0.1, 0.15) is 6.54 Å². The van der Waals surface area contributed by atoms with E-state index in [1.54, 1.807) is 12.1 Å². The average molecular weight is 424 g/mol. The van der Waals surface area contributed by atoms with Crippen LogP contribution in [0.5, 0.6) is 0 Å². The van der Waals surface area contributed by atoms with Crippen molar-refractivity contribution in [2.24, 2.45) is 0 Å². The molecule has 2 aliphatic heterocycles. The van der Waals surface area contributed by atoms with Gasteiger partial charge in [-0.3, -0.25) is 14.6 Å². The number of benzene rings is 2. The monoisotopic (exact) mass is 423 g/mol. The summed E-state index contributed by atoms with van der Waals surface area (Å²) in [6.45, 7) is 2.58. The number of likely N-dealkylation sites (N-methyl/N-ethyl adjacent to an activating group) is 1. The first kappa shape index (κ1) is 20.2. The Morgan fingerprint density at radius 3 is 2.41 bits per heavy atom. The van der Waals surface area contributed by atoms with Crippen LogP contribution in [0.4, 0.5) is 13.2 Å². The molecule has 1 saturated heterocycles. The van der Waals surface area contributed by atoms with Crippen LogP contribution in [0.15, 0.2) is 36.4 Å². The second-order valence-corrected chi connectivity index (χ2v) is 8.15. The molecule has 4 nitrogen and oxygen atoms in total. The van der Waals surface area contributed by atoms with E-state index in [9.17, 15) is 18.0 Å². The first-order chi connectivity index (χ1) is 13.7. The Hall–Kier alpha value is -2.09. The highest BCUT2D eigenvalue weighted by Gasteiger charge is 2.38. The van der Waals surface area contributed by atoms with Crippen molar-refractivity contribution >= 4 is 17.5 Å². The van der Waals surface area contributed by atoms with Gasteiger partial charge in [-0.05, 0) is 41.4 Å². The molecule has 0 bridgehead atoms. The normalized spacial score (nSPS) is 18.0. The van der Waals surface area contributed by atoms with E-state index in [4.69, 9.17) is 11.6 Å². The Kier molecular flexibility index (Phi) is 5.31. The third-order valence-electron chi connectivity index (χ3n) is 5.34. The van der Waals surface area contributed by atoms with Crippen molar-refractivity contribution in [3.8, 4) is 11.1 Å². The zero-order chi connectivity index (χ0) is 20.8. The topological polar surface area (TPSA) is 26.8 Å². The van der Waals surface area contributed by atoms with Crippen LogP contribution < -0.4 is 0 Å². The zero-order valence-electron chi connectivity index (χ0n) is 16.0. The number of rotatable bonds is 4. The number of carbonyl (C=O) groups is 1. The largest absolute Gasteiger partial charge is 0.406 e. The van der Waals surface area contributed by atoms with E-state index in [1.165, 1.54) is 5.56 Å². The second kappa shape index (κ2) is 7.63. The van der Waals surface area contributed by atoms with Crippen molar-refractivity contribution in [1.82, 2.24) is 14.7 Å². The Bertz CT molecular complexity index is 930.